The van der Waals surface area contributed by atoms with E-state index in [1.807, 2.05) is 61.0 Å². The van der Waals surface area contributed by atoms with Crippen molar-refractivity contribution in [2.45, 2.75) is 219 Å². The number of aromatic nitrogens is 4. The van der Waals surface area contributed by atoms with Crippen molar-refractivity contribution in [2.24, 2.45) is 46.3 Å². The molecule has 2 radical (unpaired) electrons. The number of rotatable bonds is 2. The Morgan fingerprint density at radius 2 is 1.02 bits per heavy atom. The number of nitrogens with zero attached hydrogens (tertiary/aromatic N) is 6. The molecule has 2 N–H and O–H groups in total. The monoisotopic (exact) mass is 1390 g/mol. The van der Waals surface area contributed by atoms with Crippen LogP contribution in [-0.4, -0.2) is 140 Å². The summed E-state index contributed by atoms with van der Waals surface area (Å²) in [5.41, 5.74) is -0.158. The molecule has 3 saturated carbocycles. The summed E-state index contributed by atoms with van der Waals surface area (Å²) in [5.74, 6) is -0.866. The van der Waals surface area contributed by atoms with Crippen molar-refractivity contribution >= 4 is 58.6 Å². The molecule has 4 bridgehead atoms. The van der Waals surface area contributed by atoms with Gasteiger partial charge in [-0.05, 0) is 148 Å². The smallest absolute Gasteiger partial charge is 0.540 e. The molecule has 2 aromatic heterocycles. The number of alkyl halides is 4. The predicted molar refractivity (Wildman–Crippen MR) is 320 cm³/mol. The van der Waals surface area contributed by atoms with Gasteiger partial charge in [-0.15, -0.1) is 17.6 Å². The molecule has 8 heterocycles. The average molecular weight is 1390 g/mol. The summed E-state index contributed by atoms with van der Waals surface area (Å²) in [6.07, 6.45) is 6.02. The first-order chi connectivity index (χ1) is 43.5. The SMILES string of the molecule is C[C@@H]1[C@@H]2CN(C(=O)[C@H](C(C)(C)C)NC(=O)O[C@@H]3CC4CC4[C@H]3CCCCCc3nc4ccc5c(c4nc3O2)OC(F)(F)O5)[C@@H]1[C-]=O.C[C@@H]1[C@@H]2CN(C(=O)[C@H](C(C)(C)C)NC(=O)O[C@]3(C)CCC[C@H]3CCCCCc3nc4ccc5c(c4nc3O2)OC(F)(F)O5)[C@@H]1[C-]=O.[V].[V]. The van der Waals surface area contributed by atoms with E-state index < -0.39 is 101 Å². The number of nitrogens with one attached hydrogen (secondary N) is 2. The minimum atomic E-state index is -3.84. The second-order valence-electron chi connectivity index (χ2n) is 28.8. The Kier molecular flexibility index (Phi) is 20.2. The Bertz CT molecular complexity index is 3440. The Morgan fingerprint density at radius 1 is 0.553 bits per heavy atom. The maximum Gasteiger partial charge on any atom is 0.586 e. The molecule has 13 rings (SSSR count). The van der Waals surface area contributed by atoms with E-state index in [4.69, 9.17) is 38.4 Å². The van der Waals surface area contributed by atoms with Crippen molar-refractivity contribution in [3.63, 3.8) is 0 Å². The van der Waals surface area contributed by atoms with Crippen molar-refractivity contribution in [1.82, 2.24) is 40.4 Å². The predicted octanol–water partition coefficient (Wildman–Crippen LogP) is 10.4. The summed E-state index contributed by atoms with van der Waals surface area (Å²) in [7, 11) is 0. The molecule has 3 aliphatic carbocycles. The summed E-state index contributed by atoms with van der Waals surface area (Å²) >= 11 is 0. The molecule has 28 heteroatoms. The van der Waals surface area contributed by atoms with Gasteiger partial charge in [-0.25, -0.2) is 42.1 Å². The van der Waals surface area contributed by atoms with E-state index in [0.717, 1.165) is 83.5 Å². The van der Waals surface area contributed by atoms with Gasteiger partial charge in [-0.3, -0.25) is 9.59 Å². The van der Waals surface area contributed by atoms with Gasteiger partial charge in [0.2, 0.25) is 35.1 Å². The number of halogens is 4. The molecule has 2 saturated heterocycles. The third-order valence-electron chi connectivity index (χ3n) is 20.3. The first kappa shape index (κ1) is 70.4. The third kappa shape index (κ3) is 14.2. The van der Waals surface area contributed by atoms with Gasteiger partial charge in [0.25, 0.3) is 0 Å². The fraction of sp³-hybridized carbons (Fsp3) is 0.667. The second-order valence-corrected chi connectivity index (χ2v) is 28.8. The van der Waals surface area contributed by atoms with Crippen molar-refractivity contribution in [2.75, 3.05) is 13.1 Å². The van der Waals surface area contributed by atoms with Gasteiger partial charge in [-0.2, -0.15) is 0 Å². The van der Waals surface area contributed by atoms with E-state index in [2.05, 4.69) is 30.1 Å². The minimum Gasteiger partial charge on any atom is -0.540 e. The Labute approximate surface area is 566 Å². The normalized spacial score (nSPS) is 32.1. The first-order valence-electron chi connectivity index (χ1n) is 32.4. The number of benzene rings is 2. The fourth-order valence-electron chi connectivity index (χ4n) is 15.0. The van der Waals surface area contributed by atoms with Crippen LogP contribution in [-0.2, 0) is 78.6 Å². The summed E-state index contributed by atoms with van der Waals surface area (Å²) < 4.78 is 99.7. The molecule has 2 aromatic carbocycles. The Morgan fingerprint density at radius 3 is 1.50 bits per heavy atom. The first-order valence-corrected chi connectivity index (χ1v) is 32.4. The van der Waals surface area contributed by atoms with E-state index in [1.165, 1.54) is 21.9 Å². The zero-order chi connectivity index (χ0) is 65.6. The standard InChI is InChI=1S/C33H39F2N4O7.C33H41F2N4O7.2V/c1-16-22(15-40)39-14-25(16)43-29-21(36-20-10-11-23-27(26(20)37-29)46-33(34,35)45-23)9-7-5-6-8-18-19-12-17(19)13-24(18)44-31(42)38-28(30(39)41)32(2,3)4;1-18-22(17-40)39-16-24(18)43-28-21(36-20-13-14-23-26(25(20)37-28)45-33(34,35)44-23)12-8-6-7-10-19-11-9-15-32(19,5)46-30(42)38-27(29(39)41)31(2,3)4;;/h10-11,16-19,22,24-25,28H,5-9,12-14H2,1-4H3,(H,38,42);13-14,18-19,22,24,27H,6-12,15-16H2,1-5H3,(H,38,42);;/q2*-1;;/t16-,17?,18+,19?,22+,24+,25-,28+;18-,19+,22+,24-,27+,32+;;/m00../s1. The van der Waals surface area contributed by atoms with Crippen molar-refractivity contribution in [3.05, 3.63) is 35.7 Å². The molecule has 9 aliphatic rings. The molecule has 4 amide bonds. The van der Waals surface area contributed by atoms with Crippen molar-refractivity contribution in [3.8, 4) is 34.8 Å². The van der Waals surface area contributed by atoms with Crippen LogP contribution in [0.3, 0.4) is 0 Å². The number of fused-ring (bicyclic) bond motifs is 16. The van der Waals surface area contributed by atoms with E-state index in [-0.39, 0.29) is 114 Å². The van der Waals surface area contributed by atoms with Gasteiger partial charge >= 0.3 is 24.8 Å². The number of carbonyl (C=O) groups is 4. The summed E-state index contributed by atoms with van der Waals surface area (Å²) in [4.78, 5) is 101. The number of carbonyl (C=O) groups excluding carboxylic acids is 6. The Balaban J connectivity index is 0.000000201. The quantitative estimate of drug-likeness (QED) is 0.140. The van der Waals surface area contributed by atoms with Crippen molar-refractivity contribution < 1.29 is 121 Å². The third-order valence-corrected chi connectivity index (χ3v) is 20.3. The zero-order valence-corrected chi connectivity index (χ0v) is 56.9. The van der Waals surface area contributed by atoms with Crippen LogP contribution in [0, 0.1) is 46.3 Å². The van der Waals surface area contributed by atoms with Crippen LogP contribution in [0.5, 0.6) is 34.8 Å². The largest absolute Gasteiger partial charge is 0.586 e. The molecular weight excluding hydrogens is 1310 g/mol. The molecule has 22 nitrogen and oxygen atoms in total. The van der Waals surface area contributed by atoms with Gasteiger partial charge in [-0.1, -0.05) is 93.2 Å². The summed E-state index contributed by atoms with van der Waals surface area (Å²) in [6, 6.07) is 1.97. The van der Waals surface area contributed by atoms with Crippen LogP contribution in [0.4, 0.5) is 27.2 Å². The molecule has 14 atom stereocenters. The molecule has 4 aromatic rings. The maximum absolute atomic E-state index is 14.1. The van der Waals surface area contributed by atoms with Crippen LogP contribution in [0.25, 0.3) is 22.1 Å². The molecule has 0 spiro atoms. The van der Waals surface area contributed by atoms with Crippen LogP contribution in [0.1, 0.15) is 157 Å². The van der Waals surface area contributed by atoms with Crippen LogP contribution in [0.2, 0.25) is 0 Å². The molecule has 508 valence electrons. The molecule has 2 unspecified atom stereocenters. The van der Waals surface area contributed by atoms with E-state index in [1.54, 1.807) is 26.0 Å². The molecular formula is C66H80F4N8O14V2-2. The Hall–Kier alpha value is -6.37. The van der Waals surface area contributed by atoms with Gasteiger partial charge < -0.3 is 67.9 Å². The molecule has 6 aliphatic heterocycles. The van der Waals surface area contributed by atoms with Crippen LogP contribution >= 0.6 is 0 Å². The fourth-order valence-corrected chi connectivity index (χ4v) is 15.0. The van der Waals surface area contributed by atoms with Gasteiger partial charge in [0.1, 0.15) is 58.4 Å². The minimum absolute atomic E-state index is 0. The molecule has 5 fully saturated rings. The van der Waals surface area contributed by atoms with Crippen LogP contribution < -0.4 is 39.1 Å². The van der Waals surface area contributed by atoms with Gasteiger partial charge in [0.15, 0.2) is 11.5 Å². The second kappa shape index (κ2) is 26.9. The average Bonchev–Trinajstić information content (AvgIpc) is 1.56. The van der Waals surface area contributed by atoms with Gasteiger partial charge in [0, 0.05) is 37.1 Å². The van der Waals surface area contributed by atoms with Crippen molar-refractivity contribution in [1.29, 1.82) is 0 Å². The van der Waals surface area contributed by atoms with Gasteiger partial charge in [0.05, 0.1) is 24.1 Å². The zero-order valence-electron chi connectivity index (χ0n) is 54.1. The number of alkyl carbamates (subject to hydrolysis) is 2. The molecule has 94 heavy (non-hydrogen) atoms. The number of amides is 4. The maximum atomic E-state index is 14.1. The number of hydrogen-bond donors (Lipinski definition) is 2. The summed E-state index contributed by atoms with van der Waals surface area (Å²) in [6.45, 7) is 16.6. The van der Waals surface area contributed by atoms with E-state index in [9.17, 15) is 46.3 Å². The topological polar surface area (TPSA) is 258 Å². The van der Waals surface area contributed by atoms with E-state index in [0.29, 0.717) is 47.1 Å². The van der Waals surface area contributed by atoms with Crippen LogP contribution in [0.15, 0.2) is 24.3 Å². The number of hydrogen-bond acceptors (Lipinski definition) is 18. The summed E-state index contributed by atoms with van der Waals surface area (Å²) in [5, 5.41) is 5.65. The number of aryl methyl sites for hydroxylation is 2. The number of ether oxygens (including phenoxy) is 8. The van der Waals surface area contributed by atoms with E-state index >= 15 is 0 Å².